The summed E-state index contributed by atoms with van der Waals surface area (Å²) in [5, 5.41) is 3.26. The van der Waals surface area contributed by atoms with Crippen LogP contribution in [0.5, 0.6) is 0 Å². The molecule has 0 radical (unpaired) electrons. The zero-order valence-corrected chi connectivity index (χ0v) is 11.8. The summed E-state index contributed by atoms with van der Waals surface area (Å²) in [4.78, 5) is 4.27. The third-order valence-electron chi connectivity index (χ3n) is 3.07. The van der Waals surface area contributed by atoms with E-state index in [1.54, 1.807) is 6.20 Å². The summed E-state index contributed by atoms with van der Waals surface area (Å²) in [6.07, 6.45) is 5.32. The molecule has 0 amide bonds. The van der Waals surface area contributed by atoms with Gasteiger partial charge in [0.2, 0.25) is 5.95 Å². The van der Waals surface area contributed by atoms with Gasteiger partial charge >= 0.3 is 0 Å². The molecular formula is C12H21N3O2S. The Morgan fingerprint density at radius 3 is 3.00 bits per heavy atom. The molecule has 1 aliphatic heterocycles. The lowest BCUT2D eigenvalue weighted by Crippen LogP contribution is -2.35. The molecule has 1 atom stereocenters. The van der Waals surface area contributed by atoms with Crippen LogP contribution in [0.1, 0.15) is 26.7 Å². The van der Waals surface area contributed by atoms with Gasteiger partial charge < -0.3 is 9.88 Å². The van der Waals surface area contributed by atoms with Gasteiger partial charge in [0.1, 0.15) is 0 Å². The highest BCUT2D eigenvalue weighted by atomic mass is 32.2. The summed E-state index contributed by atoms with van der Waals surface area (Å²) in [5.41, 5.74) is 0. The maximum absolute atomic E-state index is 11.6. The monoisotopic (exact) mass is 271 g/mol. The lowest BCUT2D eigenvalue weighted by atomic mass is 10.2. The van der Waals surface area contributed by atoms with Crippen LogP contribution in [0.3, 0.4) is 0 Å². The van der Waals surface area contributed by atoms with Gasteiger partial charge in [-0.1, -0.05) is 13.8 Å². The van der Waals surface area contributed by atoms with Crippen LogP contribution in [-0.4, -0.2) is 35.5 Å². The number of nitrogens with zero attached hydrogens (tertiary/aromatic N) is 2. The van der Waals surface area contributed by atoms with E-state index >= 15 is 0 Å². The highest BCUT2D eigenvalue weighted by Gasteiger charge is 2.25. The second-order valence-corrected chi connectivity index (χ2v) is 7.62. The molecule has 1 aromatic rings. The van der Waals surface area contributed by atoms with E-state index in [0.717, 1.165) is 25.3 Å². The Morgan fingerprint density at radius 1 is 1.56 bits per heavy atom. The van der Waals surface area contributed by atoms with E-state index in [2.05, 4.69) is 24.1 Å². The minimum absolute atomic E-state index is 0.00272. The zero-order chi connectivity index (χ0) is 13.2. The Hall–Kier alpha value is -1.04. The van der Waals surface area contributed by atoms with Gasteiger partial charge in [0.05, 0.1) is 11.5 Å². The van der Waals surface area contributed by atoms with Gasteiger partial charge in [0.15, 0.2) is 9.84 Å². The fourth-order valence-electron chi connectivity index (χ4n) is 2.31. The minimum Gasteiger partial charge on any atom is -0.352 e. The number of hydrogen-bond donors (Lipinski definition) is 1. The average Bonchev–Trinajstić information content (AvgIpc) is 2.63. The minimum atomic E-state index is -2.87. The topological polar surface area (TPSA) is 64.0 Å². The Balaban J connectivity index is 2.03. The van der Waals surface area contributed by atoms with Crippen LogP contribution < -0.4 is 5.32 Å². The van der Waals surface area contributed by atoms with Crippen LogP contribution in [0.15, 0.2) is 12.4 Å². The second-order valence-electron chi connectivity index (χ2n) is 5.39. The molecule has 5 nitrogen and oxygen atoms in total. The van der Waals surface area contributed by atoms with E-state index in [0.29, 0.717) is 11.7 Å². The van der Waals surface area contributed by atoms with Crippen molar-refractivity contribution in [2.45, 2.75) is 39.3 Å². The molecule has 1 N–H and O–H groups in total. The van der Waals surface area contributed by atoms with Crippen LogP contribution in [0.4, 0.5) is 5.95 Å². The highest BCUT2D eigenvalue weighted by Crippen LogP contribution is 2.17. The lowest BCUT2D eigenvalue weighted by molar-refractivity contribution is 0.520. The van der Waals surface area contributed by atoms with E-state index in [-0.39, 0.29) is 11.8 Å². The van der Waals surface area contributed by atoms with Gasteiger partial charge in [-0.05, 0) is 18.8 Å². The van der Waals surface area contributed by atoms with Crippen LogP contribution in [0.25, 0.3) is 0 Å². The molecule has 1 aliphatic rings. The third kappa shape index (κ3) is 3.48. The third-order valence-corrected chi connectivity index (χ3v) is 4.89. The summed E-state index contributed by atoms with van der Waals surface area (Å²) in [7, 11) is -2.87. The van der Waals surface area contributed by atoms with Crippen molar-refractivity contribution >= 4 is 15.8 Å². The number of rotatable bonds is 4. The van der Waals surface area contributed by atoms with E-state index in [4.69, 9.17) is 0 Å². The van der Waals surface area contributed by atoms with Gasteiger partial charge in [0, 0.05) is 25.0 Å². The largest absolute Gasteiger partial charge is 0.352 e. The molecule has 1 unspecified atom stereocenters. The quantitative estimate of drug-likeness (QED) is 0.902. The Bertz CT molecular complexity index is 493. The molecule has 2 rings (SSSR count). The first-order valence-electron chi connectivity index (χ1n) is 6.44. The Labute approximate surface area is 109 Å². The predicted molar refractivity (Wildman–Crippen MR) is 72.4 cm³/mol. The summed E-state index contributed by atoms with van der Waals surface area (Å²) < 4.78 is 25.2. The number of aromatic nitrogens is 2. The number of imidazole rings is 1. The Kier molecular flexibility index (Phi) is 3.94. The van der Waals surface area contributed by atoms with Crippen molar-refractivity contribution in [2.24, 2.45) is 5.92 Å². The smallest absolute Gasteiger partial charge is 0.203 e. The van der Waals surface area contributed by atoms with E-state index in [1.165, 1.54) is 0 Å². The van der Waals surface area contributed by atoms with E-state index < -0.39 is 9.84 Å². The first-order chi connectivity index (χ1) is 8.46. The van der Waals surface area contributed by atoms with Crippen molar-refractivity contribution in [1.29, 1.82) is 0 Å². The summed E-state index contributed by atoms with van der Waals surface area (Å²) in [6.45, 7) is 5.19. The standard InChI is InChI=1S/C12H21N3O2S/c1-10(2)8-15-6-5-13-12(15)14-11-4-3-7-18(16,17)9-11/h5-6,10-11H,3-4,7-9H2,1-2H3,(H,13,14). The van der Waals surface area contributed by atoms with Gasteiger partial charge in [-0.3, -0.25) is 0 Å². The molecule has 0 saturated carbocycles. The van der Waals surface area contributed by atoms with Gasteiger partial charge in [-0.25, -0.2) is 13.4 Å². The summed E-state index contributed by atoms with van der Waals surface area (Å²) in [6, 6.07) is -0.00272. The maximum Gasteiger partial charge on any atom is 0.203 e. The number of anilines is 1. The number of nitrogens with one attached hydrogen (secondary N) is 1. The molecule has 0 aliphatic carbocycles. The molecule has 102 valence electrons. The number of hydrogen-bond acceptors (Lipinski definition) is 4. The van der Waals surface area contributed by atoms with Crippen LogP contribution in [-0.2, 0) is 16.4 Å². The summed E-state index contributed by atoms with van der Waals surface area (Å²) >= 11 is 0. The maximum atomic E-state index is 11.6. The Morgan fingerprint density at radius 2 is 2.33 bits per heavy atom. The first kappa shape index (κ1) is 13.4. The molecule has 0 aromatic carbocycles. The van der Waals surface area contributed by atoms with E-state index in [9.17, 15) is 8.42 Å². The fourth-order valence-corrected chi connectivity index (χ4v) is 3.95. The van der Waals surface area contributed by atoms with Crippen molar-refractivity contribution in [2.75, 3.05) is 16.8 Å². The van der Waals surface area contributed by atoms with Crippen LogP contribution >= 0.6 is 0 Å². The summed E-state index contributed by atoms with van der Waals surface area (Å²) in [5.74, 6) is 1.87. The van der Waals surface area contributed by atoms with Crippen molar-refractivity contribution in [1.82, 2.24) is 9.55 Å². The van der Waals surface area contributed by atoms with Crippen molar-refractivity contribution in [3.8, 4) is 0 Å². The number of sulfone groups is 1. The first-order valence-corrected chi connectivity index (χ1v) is 8.26. The molecule has 1 saturated heterocycles. The predicted octanol–water partition coefficient (Wildman–Crippen LogP) is 1.53. The molecule has 0 spiro atoms. The lowest BCUT2D eigenvalue weighted by Gasteiger charge is -2.24. The average molecular weight is 271 g/mol. The van der Waals surface area contributed by atoms with E-state index in [1.807, 2.05) is 10.8 Å². The second kappa shape index (κ2) is 5.30. The van der Waals surface area contributed by atoms with Gasteiger partial charge in [-0.2, -0.15) is 0 Å². The zero-order valence-electron chi connectivity index (χ0n) is 11.0. The highest BCUT2D eigenvalue weighted by molar-refractivity contribution is 7.91. The molecule has 6 heteroatoms. The SMILES string of the molecule is CC(C)Cn1ccnc1NC1CCCS(=O)(=O)C1. The molecule has 1 fully saturated rings. The molecule has 18 heavy (non-hydrogen) atoms. The van der Waals surface area contributed by atoms with Gasteiger partial charge in [-0.15, -0.1) is 0 Å². The normalized spacial score (nSPS) is 23.2. The van der Waals surface area contributed by atoms with Gasteiger partial charge in [0.25, 0.3) is 0 Å². The van der Waals surface area contributed by atoms with Crippen molar-refractivity contribution in [3.63, 3.8) is 0 Å². The van der Waals surface area contributed by atoms with Crippen molar-refractivity contribution < 1.29 is 8.42 Å². The van der Waals surface area contributed by atoms with Crippen LogP contribution in [0.2, 0.25) is 0 Å². The molecular weight excluding hydrogens is 250 g/mol. The van der Waals surface area contributed by atoms with Crippen molar-refractivity contribution in [3.05, 3.63) is 12.4 Å². The van der Waals surface area contributed by atoms with Crippen LogP contribution in [0, 0.1) is 5.92 Å². The molecule has 2 heterocycles. The molecule has 1 aromatic heterocycles. The fraction of sp³-hybridized carbons (Fsp3) is 0.750. The molecule has 0 bridgehead atoms.